The third kappa shape index (κ3) is 2.98. The molecule has 4 atom stereocenters. The normalized spacial score (nSPS) is 42.4. The highest BCUT2D eigenvalue weighted by Crippen LogP contribution is 2.35. The Labute approximate surface area is 100 Å². The molecule has 0 saturated heterocycles. The van der Waals surface area contributed by atoms with Crippen molar-refractivity contribution < 1.29 is 0 Å². The zero-order valence-corrected chi connectivity index (χ0v) is 10.5. The van der Waals surface area contributed by atoms with E-state index in [1.54, 1.807) is 0 Å². The summed E-state index contributed by atoms with van der Waals surface area (Å²) in [4.78, 5) is 0. The van der Waals surface area contributed by atoms with Gasteiger partial charge in [-0.05, 0) is 37.5 Å². The molecule has 2 nitrogen and oxygen atoms in total. The summed E-state index contributed by atoms with van der Waals surface area (Å²) in [5.41, 5.74) is 12.7. The monoisotopic (exact) mass is 224 g/mol. The molecule has 0 heterocycles. The average molecular weight is 224 g/mol. The Bertz CT molecular complexity index is 183. The van der Waals surface area contributed by atoms with Crippen molar-refractivity contribution in [2.24, 2.45) is 23.3 Å². The minimum Gasteiger partial charge on any atom is -0.327 e. The van der Waals surface area contributed by atoms with E-state index in [2.05, 4.69) is 0 Å². The lowest BCUT2D eigenvalue weighted by Gasteiger charge is -2.33. The second kappa shape index (κ2) is 6.02. The van der Waals surface area contributed by atoms with E-state index in [0.717, 1.165) is 11.8 Å². The summed E-state index contributed by atoms with van der Waals surface area (Å²) in [6.07, 6.45) is 13.3. The highest BCUT2D eigenvalue weighted by atomic mass is 14.7. The van der Waals surface area contributed by atoms with E-state index in [9.17, 15) is 0 Å². The molecule has 0 bridgehead atoms. The van der Waals surface area contributed by atoms with Gasteiger partial charge in [0.05, 0.1) is 0 Å². The van der Waals surface area contributed by atoms with Crippen molar-refractivity contribution in [1.29, 1.82) is 0 Å². The second-order valence-electron chi connectivity index (χ2n) is 5.93. The number of hydrogen-bond donors (Lipinski definition) is 2. The molecule has 2 saturated carbocycles. The van der Waals surface area contributed by atoms with E-state index in [4.69, 9.17) is 11.5 Å². The van der Waals surface area contributed by atoms with Gasteiger partial charge in [-0.1, -0.05) is 38.5 Å². The van der Waals surface area contributed by atoms with Crippen LogP contribution in [0, 0.1) is 11.8 Å². The standard InChI is InChI=1S/C14H28N2/c15-13-9-5-1-3-7-11(13)12-8-4-2-6-10-14(12)16/h11-14H,1-10,15-16H2. The van der Waals surface area contributed by atoms with Crippen molar-refractivity contribution in [3.63, 3.8) is 0 Å². The van der Waals surface area contributed by atoms with Crippen LogP contribution in [0.2, 0.25) is 0 Å². The SMILES string of the molecule is NC1CCCCCC1C1CCCCCC1N. The molecular formula is C14H28N2. The summed E-state index contributed by atoms with van der Waals surface area (Å²) >= 11 is 0. The van der Waals surface area contributed by atoms with Crippen LogP contribution in [0.4, 0.5) is 0 Å². The van der Waals surface area contributed by atoms with Crippen LogP contribution in [-0.4, -0.2) is 12.1 Å². The Morgan fingerprint density at radius 2 is 0.875 bits per heavy atom. The van der Waals surface area contributed by atoms with Crippen LogP contribution >= 0.6 is 0 Å². The van der Waals surface area contributed by atoms with Gasteiger partial charge in [-0.3, -0.25) is 0 Å². The van der Waals surface area contributed by atoms with Crippen molar-refractivity contribution >= 4 is 0 Å². The van der Waals surface area contributed by atoms with Crippen molar-refractivity contribution in [2.75, 3.05) is 0 Å². The first kappa shape index (κ1) is 12.4. The summed E-state index contributed by atoms with van der Waals surface area (Å²) in [7, 11) is 0. The quantitative estimate of drug-likeness (QED) is 0.673. The number of nitrogens with two attached hydrogens (primary N) is 2. The minimum absolute atomic E-state index is 0.427. The van der Waals surface area contributed by atoms with Crippen LogP contribution in [0.5, 0.6) is 0 Å². The largest absolute Gasteiger partial charge is 0.327 e. The lowest BCUT2D eigenvalue weighted by atomic mass is 9.77. The minimum atomic E-state index is 0.427. The lowest BCUT2D eigenvalue weighted by molar-refractivity contribution is 0.216. The highest BCUT2D eigenvalue weighted by Gasteiger charge is 2.32. The van der Waals surface area contributed by atoms with Gasteiger partial charge in [-0.15, -0.1) is 0 Å². The fraction of sp³-hybridized carbons (Fsp3) is 1.00. The molecule has 2 aliphatic carbocycles. The molecule has 2 fully saturated rings. The Balaban J connectivity index is 2.01. The van der Waals surface area contributed by atoms with E-state index in [-0.39, 0.29) is 0 Å². The van der Waals surface area contributed by atoms with Crippen molar-refractivity contribution in [3.05, 3.63) is 0 Å². The zero-order chi connectivity index (χ0) is 11.4. The maximum Gasteiger partial charge on any atom is 0.00703 e. The third-order valence-corrected chi connectivity index (χ3v) is 4.80. The smallest absolute Gasteiger partial charge is 0.00703 e. The molecular weight excluding hydrogens is 196 g/mol. The highest BCUT2D eigenvalue weighted by molar-refractivity contribution is 4.88. The van der Waals surface area contributed by atoms with E-state index >= 15 is 0 Å². The van der Waals surface area contributed by atoms with Crippen molar-refractivity contribution in [1.82, 2.24) is 0 Å². The molecule has 0 aliphatic heterocycles. The first-order valence-electron chi connectivity index (χ1n) is 7.30. The van der Waals surface area contributed by atoms with Crippen molar-refractivity contribution in [3.8, 4) is 0 Å². The molecule has 0 aromatic carbocycles. The van der Waals surface area contributed by atoms with Gasteiger partial charge >= 0.3 is 0 Å². The molecule has 2 aliphatic rings. The number of rotatable bonds is 1. The van der Waals surface area contributed by atoms with Gasteiger partial charge in [-0.2, -0.15) is 0 Å². The Morgan fingerprint density at radius 1 is 0.500 bits per heavy atom. The van der Waals surface area contributed by atoms with E-state index < -0.39 is 0 Å². The van der Waals surface area contributed by atoms with Gasteiger partial charge < -0.3 is 11.5 Å². The first-order chi connectivity index (χ1) is 7.79. The van der Waals surface area contributed by atoms with Gasteiger partial charge in [0.2, 0.25) is 0 Å². The zero-order valence-electron chi connectivity index (χ0n) is 10.5. The maximum atomic E-state index is 6.37. The molecule has 0 amide bonds. The van der Waals surface area contributed by atoms with Crippen molar-refractivity contribution in [2.45, 2.75) is 76.3 Å². The van der Waals surface area contributed by atoms with Crippen LogP contribution in [0.15, 0.2) is 0 Å². The fourth-order valence-electron chi connectivity index (χ4n) is 3.79. The van der Waals surface area contributed by atoms with E-state index in [0.29, 0.717) is 12.1 Å². The topological polar surface area (TPSA) is 52.0 Å². The fourth-order valence-corrected chi connectivity index (χ4v) is 3.79. The number of hydrogen-bond acceptors (Lipinski definition) is 2. The second-order valence-corrected chi connectivity index (χ2v) is 5.93. The van der Waals surface area contributed by atoms with Crippen LogP contribution < -0.4 is 11.5 Å². The molecule has 2 rings (SSSR count). The van der Waals surface area contributed by atoms with Gasteiger partial charge in [0.1, 0.15) is 0 Å². The molecule has 94 valence electrons. The van der Waals surface area contributed by atoms with Gasteiger partial charge in [-0.25, -0.2) is 0 Å². The van der Waals surface area contributed by atoms with Crippen LogP contribution in [0.1, 0.15) is 64.2 Å². The lowest BCUT2D eigenvalue weighted by Crippen LogP contribution is -2.42. The summed E-state index contributed by atoms with van der Waals surface area (Å²) in [6, 6.07) is 0.855. The molecule has 0 spiro atoms. The molecule has 0 aromatic heterocycles. The van der Waals surface area contributed by atoms with Crippen LogP contribution in [0.3, 0.4) is 0 Å². The molecule has 4 N–H and O–H groups in total. The summed E-state index contributed by atoms with van der Waals surface area (Å²) in [5, 5.41) is 0. The predicted molar refractivity (Wildman–Crippen MR) is 69.1 cm³/mol. The average Bonchev–Trinajstić information content (AvgIpc) is 2.59. The maximum absolute atomic E-state index is 6.37. The molecule has 0 radical (unpaired) electrons. The van der Waals surface area contributed by atoms with Gasteiger partial charge in [0.15, 0.2) is 0 Å². The third-order valence-electron chi connectivity index (χ3n) is 4.80. The summed E-state index contributed by atoms with van der Waals surface area (Å²) in [5.74, 6) is 1.44. The molecule has 2 heteroatoms. The Kier molecular flexibility index (Phi) is 4.66. The Hall–Kier alpha value is -0.0800. The molecule has 0 aromatic rings. The summed E-state index contributed by atoms with van der Waals surface area (Å²) in [6.45, 7) is 0. The summed E-state index contributed by atoms with van der Waals surface area (Å²) < 4.78 is 0. The first-order valence-corrected chi connectivity index (χ1v) is 7.30. The van der Waals surface area contributed by atoms with Gasteiger partial charge in [0.25, 0.3) is 0 Å². The Morgan fingerprint density at radius 3 is 1.31 bits per heavy atom. The van der Waals surface area contributed by atoms with E-state index in [1.165, 1.54) is 64.2 Å². The van der Waals surface area contributed by atoms with Crippen LogP contribution in [0.25, 0.3) is 0 Å². The van der Waals surface area contributed by atoms with E-state index in [1.807, 2.05) is 0 Å². The predicted octanol–water partition coefficient (Wildman–Crippen LogP) is 2.80. The molecule has 4 unspecified atom stereocenters. The molecule has 16 heavy (non-hydrogen) atoms. The van der Waals surface area contributed by atoms with Crippen LogP contribution in [-0.2, 0) is 0 Å². The van der Waals surface area contributed by atoms with Gasteiger partial charge in [0, 0.05) is 12.1 Å².